The van der Waals surface area contributed by atoms with Crippen molar-refractivity contribution in [1.82, 2.24) is 0 Å². The van der Waals surface area contributed by atoms with Crippen LogP contribution in [0.2, 0.25) is 0 Å². The molecule has 2 nitrogen and oxygen atoms in total. The van der Waals surface area contributed by atoms with E-state index in [4.69, 9.17) is 10.1 Å². The molecule has 0 unspecified atom stereocenters. The summed E-state index contributed by atoms with van der Waals surface area (Å²) in [5.74, 6) is -1.83. The van der Waals surface area contributed by atoms with E-state index in [1.807, 2.05) is 0 Å². The van der Waals surface area contributed by atoms with Gasteiger partial charge in [0, 0.05) is 17.2 Å². The molecule has 0 heterocycles. The lowest BCUT2D eigenvalue weighted by Gasteiger charge is -2.31. The van der Waals surface area contributed by atoms with Crippen LogP contribution in [0.4, 0.5) is 26.3 Å². The smallest absolute Gasteiger partial charge is 0.420 e. The zero-order chi connectivity index (χ0) is 19.8. The topological polar surface area (TPSA) is 33.1 Å². The van der Waals surface area contributed by atoms with Gasteiger partial charge in [0.1, 0.15) is 11.3 Å². The van der Waals surface area contributed by atoms with Crippen LogP contribution in [0.3, 0.4) is 0 Å². The molecule has 2 aromatic rings. The molecule has 1 saturated carbocycles. The number of ether oxygens (including phenoxy) is 1. The van der Waals surface area contributed by atoms with E-state index in [0.717, 1.165) is 6.21 Å². The van der Waals surface area contributed by atoms with Crippen molar-refractivity contribution in [2.45, 2.75) is 44.1 Å². The zero-order valence-electron chi connectivity index (χ0n) is 14.1. The third-order valence-corrected chi connectivity index (χ3v) is 4.91. The van der Waals surface area contributed by atoms with Crippen molar-refractivity contribution in [2.75, 3.05) is 0 Å². The van der Waals surface area contributed by atoms with Gasteiger partial charge >= 0.3 is 12.4 Å². The molecule has 0 aliphatic heterocycles. The molecule has 0 atom stereocenters. The summed E-state index contributed by atoms with van der Waals surface area (Å²) in [5, 5.41) is 7.57. The van der Waals surface area contributed by atoms with Crippen LogP contribution in [0.15, 0.2) is 30.3 Å². The van der Waals surface area contributed by atoms with E-state index in [-0.39, 0.29) is 36.6 Å². The second-order valence-electron chi connectivity index (χ2n) is 6.66. The summed E-state index contributed by atoms with van der Waals surface area (Å²) in [5.41, 5.74) is -0.886. The van der Waals surface area contributed by atoms with Gasteiger partial charge in [-0.1, -0.05) is 24.3 Å². The Morgan fingerprint density at radius 1 is 0.926 bits per heavy atom. The predicted octanol–water partition coefficient (Wildman–Crippen LogP) is 6.36. The Kier molecular flexibility index (Phi) is 5.10. The van der Waals surface area contributed by atoms with Crippen LogP contribution in [0.1, 0.15) is 36.8 Å². The second-order valence-corrected chi connectivity index (χ2v) is 6.66. The number of hydrogen-bond acceptors (Lipinski definition) is 2. The Labute approximate surface area is 151 Å². The SMILES string of the molecule is N=Cc1cccc2ccc(OC3CCC(C(F)(F)F)CC3)c(C(F)(F)F)c12. The molecule has 8 heteroatoms. The Morgan fingerprint density at radius 2 is 1.59 bits per heavy atom. The third-order valence-electron chi connectivity index (χ3n) is 4.91. The number of alkyl halides is 6. The monoisotopic (exact) mass is 389 g/mol. The fourth-order valence-corrected chi connectivity index (χ4v) is 3.58. The maximum Gasteiger partial charge on any atom is 0.420 e. The molecule has 0 bridgehead atoms. The van der Waals surface area contributed by atoms with Crippen molar-refractivity contribution in [3.63, 3.8) is 0 Å². The van der Waals surface area contributed by atoms with Gasteiger partial charge in [0.2, 0.25) is 0 Å². The molecule has 0 radical (unpaired) electrons. The molecule has 1 N–H and O–H groups in total. The molecule has 1 aliphatic rings. The van der Waals surface area contributed by atoms with Gasteiger partial charge < -0.3 is 10.1 Å². The highest BCUT2D eigenvalue weighted by Gasteiger charge is 2.42. The van der Waals surface area contributed by atoms with Crippen LogP contribution >= 0.6 is 0 Å². The quantitative estimate of drug-likeness (QED) is 0.481. The van der Waals surface area contributed by atoms with Crippen molar-refractivity contribution in [3.05, 3.63) is 41.5 Å². The molecular formula is C19H17F6NO. The van der Waals surface area contributed by atoms with Crippen LogP contribution in [-0.4, -0.2) is 18.5 Å². The summed E-state index contributed by atoms with van der Waals surface area (Å²) in [7, 11) is 0. The highest BCUT2D eigenvalue weighted by atomic mass is 19.4. The molecule has 27 heavy (non-hydrogen) atoms. The minimum Gasteiger partial charge on any atom is -0.490 e. The molecular weight excluding hydrogens is 372 g/mol. The van der Waals surface area contributed by atoms with E-state index >= 15 is 0 Å². The zero-order valence-corrected chi connectivity index (χ0v) is 14.1. The van der Waals surface area contributed by atoms with E-state index in [1.54, 1.807) is 6.07 Å². The minimum atomic E-state index is -4.73. The molecule has 0 amide bonds. The van der Waals surface area contributed by atoms with Gasteiger partial charge in [0.25, 0.3) is 0 Å². The lowest BCUT2D eigenvalue weighted by Crippen LogP contribution is -2.32. The number of hydrogen-bond donors (Lipinski definition) is 1. The number of benzene rings is 2. The van der Waals surface area contributed by atoms with Gasteiger partial charge in [-0.25, -0.2) is 0 Å². The molecule has 1 fully saturated rings. The molecule has 0 saturated heterocycles. The second kappa shape index (κ2) is 7.05. The van der Waals surface area contributed by atoms with Gasteiger partial charge in [0.05, 0.1) is 12.0 Å². The van der Waals surface area contributed by atoms with Crippen molar-refractivity contribution in [1.29, 1.82) is 5.41 Å². The minimum absolute atomic E-state index is 0.0473. The van der Waals surface area contributed by atoms with E-state index in [1.165, 1.54) is 24.3 Å². The van der Waals surface area contributed by atoms with Gasteiger partial charge in [-0.05, 0) is 37.1 Å². The highest BCUT2D eigenvalue weighted by Crippen LogP contribution is 2.44. The Balaban J connectivity index is 1.95. The first kappa shape index (κ1) is 19.5. The van der Waals surface area contributed by atoms with Gasteiger partial charge in [-0.3, -0.25) is 0 Å². The van der Waals surface area contributed by atoms with Crippen LogP contribution in [0.5, 0.6) is 5.75 Å². The van der Waals surface area contributed by atoms with Gasteiger partial charge in [-0.15, -0.1) is 0 Å². The molecule has 2 aromatic carbocycles. The predicted molar refractivity (Wildman–Crippen MR) is 89.3 cm³/mol. The number of rotatable bonds is 3. The summed E-state index contributed by atoms with van der Waals surface area (Å²) < 4.78 is 85.1. The normalized spacial score (nSPS) is 21.3. The lowest BCUT2D eigenvalue weighted by molar-refractivity contribution is -0.185. The summed E-state index contributed by atoms with van der Waals surface area (Å²) in [6.07, 6.45) is -9.09. The van der Waals surface area contributed by atoms with E-state index < -0.39 is 35.7 Å². The fraction of sp³-hybridized carbons (Fsp3) is 0.421. The fourth-order valence-electron chi connectivity index (χ4n) is 3.58. The summed E-state index contributed by atoms with van der Waals surface area (Å²) in [4.78, 5) is 0. The first-order valence-electron chi connectivity index (χ1n) is 8.48. The summed E-state index contributed by atoms with van der Waals surface area (Å²) in [6, 6.07) is 7.14. The highest BCUT2D eigenvalue weighted by molar-refractivity contribution is 6.02. The van der Waals surface area contributed by atoms with Crippen molar-refractivity contribution >= 4 is 17.0 Å². The third kappa shape index (κ3) is 4.04. The molecule has 3 rings (SSSR count). The Morgan fingerprint density at radius 3 is 2.15 bits per heavy atom. The number of fused-ring (bicyclic) bond motifs is 1. The first-order valence-corrected chi connectivity index (χ1v) is 8.48. The average Bonchev–Trinajstić information content (AvgIpc) is 2.59. The summed E-state index contributed by atoms with van der Waals surface area (Å²) in [6.45, 7) is 0. The van der Waals surface area contributed by atoms with Crippen molar-refractivity contribution in [3.8, 4) is 5.75 Å². The van der Waals surface area contributed by atoms with E-state index in [0.29, 0.717) is 5.39 Å². The summed E-state index contributed by atoms with van der Waals surface area (Å²) >= 11 is 0. The Bertz CT molecular complexity index is 834. The van der Waals surface area contributed by atoms with E-state index in [2.05, 4.69) is 0 Å². The first-order chi connectivity index (χ1) is 12.6. The Hall–Kier alpha value is -2.25. The van der Waals surface area contributed by atoms with Gasteiger partial charge in [0.15, 0.2) is 0 Å². The maximum absolute atomic E-state index is 13.8. The maximum atomic E-state index is 13.8. The lowest BCUT2D eigenvalue weighted by atomic mass is 9.87. The van der Waals surface area contributed by atoms with Crippen LogP contribution in [-0.2, 0) is 6.18 Å². The van der Waals surface area contributed by atoms with Crippen LogP contribution in [0.25, 0.3) is 10.8 Å². The van der Waals surface area contributed by atoms with Crippen molar-refractivity contribution < 1.29 is 31.1 Å². The van der Waals surface area contributed by atoms with Crippen LogP contribution < -0.4 is 4.74 Å². The molecule has 1 aliphatic carbocycles. The van der Waals surface area contributed by atoms with Gasteiger partial charge in [-0.2, -0.15) is 26.3 Å². The molecule has 146 valence electrons. The number of nitrogens with one attached hydrogen (secondary N) is 1. The van der Waals surface area contributed by atoms with Crippen molar-refractivity contribution in [2.24, 2.45) is 5.92 Å². The average molecular weight is 389 g/mol. The number of halogens is 6. The largest absolute Gasteiger partial charge is 0.490 e. The van der Waals surface area contributed by atoms with E-state index in [9.17, 15) is 26.3 Å². The van der Waals surface area contributed by atoms with Crippen LogP contribution in [0, 0.1) is 11.3 Å². The molecule has 0 aromatic heterocycles. The standard InChI is InChI=1S/C19H17F6NO/c20-18(21,22)13-5-7-14(8-6-13)27-15-9-4-11-2-1-3-12(10-26)16(11)17(15)19(23,24)25/h1-4,9-10,13-14,26H,5-8H2. The molecule has 0 spiro atoms.